The van der Waals surface area contributed by atoms with Gasteiger partial charge in [-0.05, 0) is 6.07 Å². The fourth-order valence-corrected chi connectivity index (χ4v) is 1.93. The van der Waals surface area contributed by atoms with Crippen molar-refractivity contribution < 1.29 is 4.79 Å². The monoisotopic (exact) mass is 220 g/mol. The predicted octanol–water partition coefficient (Wildman–Crippen LogP) is 0.886. The van der Waals surface area contributed by atoms with Gasteiger partial charge < -0.3 is 11.5 Å². The van der Waals surface area contributed by atoms with E-state index in [9.17, 15) is 4.79 Å². The van der Waals surface area contributed by atoms with Crippen molar-refractivity contribution in [1.82, 2.24) is 9.97 Å². The van der Waals surface area contributed by atoms with Crippen LogP contribution in [0.2, 0.25) is 0 Å². The summed E-state index contributed by atoms with van der Waals surface area (Å²) in [5.41, 5.74) is 12.2. The smallest absolute Gasteiger partial charge is 0.260 e. The normalized spacial score (nSPS) is 10.1. The van der Waals surface area contributed by atoms with Crippen LogP contribution >= 0.6 is 11.3 Å². The summed E-state index contributed by atoms with van der Waals surface area (Å²) >= 11 is 1.21. The van der Waals surface area contributed by atoms with Gasteiger partial charge in [0.05, 0.1) is 18.1 Å². The molecule has 0 aliphatic carbocycles. The topological polar surface area (TPSA) is 94.9 Å². The lowest BCUT2D eigenvalue weighted by atomic mass is 10.2. The molecule has 0 fully saturated rings. The van der Waals surface area contributed by atoms with Crippen LogP contribution in [0, 0.1) is 0 Å². The Kier molecular flexibility index (Phi) is 2.34. The molecule has 4 N–H and O–H groups in total. The molecule has 0 aliphatic rings. The molecule has 76 valence electrons. The maximum absolute atomic E-state index is 10.9. The van der Waals surface area contributed by atoms with E-state index in [4.69, 9.17) is 11.5 Å². The lowest BCUT2D eigenvalue weighted by Gasteiger charge is -1.98. The summed E-state index contributed by atoms with van der Waals surface area (Å²) in [7, 11) is 0. The van der Waals surface area contributed by atoms with Crippen LogP contribution in [-0.2, 0) is 0 Å². The van der Waals surface area contributed by atoms with Crippen LogP contribution in [0.3, 0.4) is 0 Å². The molecule has 0 aromatic carbocycles. The molecule has 5 nitrogen and oxygen atoms in total. The van der Waals surface area contributed by atoms with E-state index >= 15 is 0 Å². The van der Waals surface area contributed by atoms with E-state index in [1.165, 1.54) is 17.5 Å². The molecular formula is C9H8N4OS. The number of carbonyl (C=O) groups excluding carboxylic acids is 1. The van der Waals surface area contributed by atoms with Crippen molar-refractivity contribution in [2.45, 2.75) is 0 Å². The van der Waals surface area contributed by atoms with Gasteiger partial charge in [0.1, 0.15) is 9.88 Å². The fourth-order valence-electron chi connectivity index (χ4n) is 1.11. The molecular weight excluding hydrogens is 212 g/mol. The van der Waals surface area contributed by atoms with Crippen molar-refractivity contribution >= 4 is 22.9 Å². The predicted molar refractivity (Wildman–Crippen MR) is 58.3 cm³/mol. The van der Waals surface area contributed by atoms with Crippen LogP contribution < -0.4 is 11.5 Å². The highest BCUT2D eigenvalue weighted by Crippen LogP contribution is 2.28. The molecule has 2 aromatic rings. The van der Waals surface area contributed by atoms with Gasteiger partial charge in [0.2, 0.25) is 0 Å². The van der Waals surface area contributed by atoms with Crippen molar-refractivity contribution in [2.75, 3.05) is 5.73 Å². The number of pyridine rings is 1. The van der Waals surface area contributed by atoms with Crippen LogP contribution in [-0.4, -0.2) is 15.9 Å². The molecule has 0 unspecified atom stereocenters. The number of aromatic nitrogens is 2. The second-order valence-electron chi connectivity index (χ2n) is 2.86. The van der Waals surface area contributed by atoms with Gasteiger partial charge in [-0.1, -0.05) is 0 Å². The minimum Gasteiger partial charge on any atom is -0.397 e. The van der Waals surface area contributed by atoms with Crippen molar-refractivity contribution in [3.63, 3.8) is 0 Å². The van der Waals surface area contributed by atoms with Crippen molar-refractivity contribution in [2.24, 2.45) is 5.73 Å². The van der Waals surface area contributed by atoms with Gasteiger partial charge in [-0.15, -0.1) is 11.3 Å². The quantitative estimate of drug-likeness (QED) is 0.785. The number of nitrogens with zero attached hydrogens (tertiary/aromatic N) is 2. The van der Waals surface area contributed by atoms with Crippen LogP contribution in [0.4, 0.5) is 5.69 Å². The molecule has 6 heteroatoms. The highest BCUT2D eigenvalue weighted by atomic mass is 32.1. The summed E-state index contributed by atoms with van der Waals surface area (Å²) in [5.74, 6) is -0.480. The minimum absolute atomic E-state index is 0.418. The number of nitrogen functional groups attached to an aromatic ring is 1. The van der Waals surface area contributed by atoms with E-state index in [1.807, 2.05) is 0 Å². The van der Waals surface area contributed by atoms with E-state index in [0.29, 0.717) is 15.6 Å². The first-order valence-electron chi connectivity index (χ1n) is 4.14. The molecule has 2 heterocycles. The highest BCUT2D eigenvalue weighted by molar-refractivity contribution is 7.17. The fraction of sp³-hybridized carbons (Fsp3) is 0. The first kappa shape index (κ1) is 9.60. The maximum atomic E-state index is 10.9. The van der Waals surface area contributed by atoms with E-state index in [1.54, 1.807) is 18.5 Å². The Bertz CT molecular complexity index is 508. The average molecular weight is 220 g/mol. The van der Waals surface area contributed by atoms with Crippen LogP contribution in [0.5, 0.6) is 0 Å². The second-order valence-corrected chi connectivity index (χ2v) is 3.89. The Morgan fingerprint density at radius 1 is 1.40 bits per heavy atom. The Balaban J connectivity index is 2.46. The Morgan fingerprint density at radius 2 is 2.20 bits per heavy atom. The number of anilines is 1. The zero-order valence-corrected chi connectivity index (χ0v) is 8.49. The van der Waals surface area contributed by atoms with E-state index in [2.05, 4.69) is 9.97 Å². The number of primary amides is 1. The third-order valence-electron chi connectivity index (χ3n) is 1.83. The molecule has 2 rings (SSSR count). The summed E-state index contributed by atoms with van der Waals surface area (Å²) < 4.78 is 0. The first-order chi connectivity index (χ1) is 7.18. The van der Waals surface area contributed by atoms with Gasteiger partial charge in [0.25, 0.3) is 5.91 Å². The largest absolute Gasteiger partial charge is 0.397 e. The highest BCUT2D eigenvalue weighted by Gasteiger charge is 2.10. The van der Waals surface area contributed by atoms with Gasteiger partial charge in [-0.2, -0.15) is 0 Å². The number of rotatable bonds is 2. The lowest BCUT2D eigenvalue weighted by Crippen LogP contribution is -2.08. The molecule has 1 amide bonds. The maximum Gasteiger partial charge on any atom is 0.260 e. The number of thiazole rings is 1. The van der Waals surface area contributed by atoms with Crippen LogP contribution in [0.1, 0.15) is 9.67 Å². The summed E-state index contributed by atoms with van der Waals surface area (Å²) in [6, 6.07) is 1.75. The first-order valence-corrected chi connectivity index (χ1v) is 4.95. The second kappa shape index (κ2) is 3.66. The Morgan fingerprint density at radius 3 is 2.80 bits per heavy atom. The third kappa shape index (κ3) is 1.79. The zero-order chi connectivity index (χ0) is 10.8. The molecule has 0 saturated heterocycles. The third-order valence-corrected chi connectivity index (χ3v) is 2.88. The molecule has 0 aliphatic heterocycles. The molecule has 0 bridgehead atoms. The molecule has 0 radical (unpaired) electrons. The van der Waals surface area contributed by atoms with Gasteiger partial charge >= 0.3 is 0 Å². The molecule has 2 aromatic heterocycles. The number of nitrogens with two attached hydrogens (primary N) is 2. The zero-order valence-electron chi connectivity index (χ0n) is 7.68. The molecule has 0 spiro atoms. The van der Waals surface area contributed by atoms with Gasteiger partial charge in [-0.25, -0.2) is 4.98 Å². The van der Waals surface area contributed by atoms with Crippen molar-refractivity contribution in [1.29, 1.82) is 0 Å². The van der Waals surface area contributed by atoms with Gasteiger partial charge in [0, 0.05) is 11.8 Å². The number of hydrogen-bond acceptors (Lipinski definition) is 5. The van der Waals surface area contributed by atoms with E-state index in [0.717, 1.165) is 5.56 Å². The van der Waals surface area contributed by atoms with Crippen LogP contribution in [0.15, 0.2) is 24.7 Å². The Hall–Kier alpha value is -1.95. The minimum atomic E-state index is -0.480. The van der Waals surface area contributed by atoms with Gasteiger partial charge in [-0.3, -0.25) is 9.78 Å². The average Bonchev–Trinajstić information content (AvgIpc) is 2.67. The van der Waals surface area contributed by atoms with E-state index < -0.39 is 5.91 Å². The van der Waals surface area contributed by atoms with Crippen molar-refractivity contribution in [3.05, 3.63) is 29.5 Å². The molecule has 0 saturated carbocycles. The molecule has 0 atom stereocenters. The molecule has 15 heavy (non-hydrogen) atoms. The summed E-state index contributed by atoms with van der Waals surface area (Å²) in [6.07, 6.45) is 4.61. The summed E-state index contributed by atoms with van der Waals surface area (Å²) in [4.78, 5) is 19.2. The van der Waals surface area contributed by atoms with Crippen LogP contribution in [0.25, 0.3) is 10.6 Å². The summed E-state index contributed by atoms with van der Waals surface area (Å²) in [6.45, 7) is 0. The number of amides is 1. The van der Waals surface area contributed by atoms with Crippen molar-refractivity contribution in [3.8, 4) is 10.6 Å². The Labute approximate surface area is 89.8 Å². The number of hydrogen-bond donors (Lipinski definition) is 2. The standard InChI is InChI=1S/C9H8N4OS/c10-6-3-12-2-1-5(6)9-13-4-7(15-9)8(11)14/h1-4H,10H2,(H2,11,14). The summed E-state index contributed by atoms with van der Waals surface area (Å²) in [5, 5.41) is 0.670. The number of carbonyl (C=O) groups is 1. The SMILES string of the molecule is NC(=O)c1cnc(-c2ccncc2N)s1. The van der Waals surface area contributed by atoms with Gasteiger partial charge in [0.15, 0.2) is 0 Å². The lowest BCUT2D eigenvalue weighted by molar-refractivity contribution is 0.100. The van der Waals surface area contributed by atoms with E-state index in [-0.39, 0.29) is 0 Å².